The van der Waals surface area contributed by atoms with Crippen LogP contribution in [0.3, 0.4) is 0 Å². The molecule has 1 aliphatic rings. The smallest absolute Gasteiger partial charge is 0.226 e. The van der Waals surface area contributed by atoms with Gasteiger partial charge in [0.2, 0.25) is 5.95 Å². The number of benzene rings is 1. The number of aromatic amines is 1. The van der Waals surface area contributed by atoms with Crippen LogP contribution in [0.15, 0.2) is 54.9 Å². The van der Waals surface area contributed by atoms with E-state index in [-0.39, 0.29) is 0 Å². The molecule has 134 valence electrons. The van der Waals surface area contributed by atoms with Crippen molar-refractivity contribution in [3.8, 4) is 22.5 Å². The molecule has 4 heterocycles. The second-order valence-corrected chi connectivity index (χ2v) is 6.37. The Labute approximate surface area is 156 Å². The number of aromatic nitrogens is 5. The van der Waals surface area contributed by atoms with Gasteiger partial charge in [-0.15, -0.1) is 0 Å². The fourth-order valence-electron chi connectivity index (χ4n) is 3.31. The number of anilines is 1. The highest BCUT2D eigenvalue weighted by Crippen LogP contribution is 2.32. The molecule has 0 saturated carbocycles. The summed E-state index contributed by atoms with van der Waals surface area (Å²) in [4.78, 5) is 16.0. The Kier molecular flexibility index (Phi) is 3.99. The number of pyridine rings is 1. The van der Waals surface area contributed by atoms with E-state index < -0.39 is 0 Å². The van der Waals surface area contributed by atoms with Crippen molar-refractivity contribution in [2.45, 2.75) is 0 Å². The molecule has 0 aliphatic carbocycles. The third kappa shape index (κ3) is 2.92. The number of nitrogens with one attached hydrogen (secondary N) is 1. The highest BCUT2D eigenvalue weighted by atomic mass is 16.5. The topological polar surface area (TPSA) is 79.8 Å². The van der Waals surface area contributed by atoms with Crippen molar-refractivity contribution in [2.24, 2.45) is 0 Å². The summed E-state index contributed by atoms with van der Waals surface area (Å²) in [6, 6.07) is 14.0. The van der Waals surface area contributed by atoms with Crippen LogP contribution in [0.1, 0.15) is 0 Å². The monoisotopic (exact) mass is 358 g/mol. The number of nitrogens with zero attached hydrogens (tertiary/aromatic N) is 5. The van der Waals surface area contributed by atoms with Gasteiger partial charge in [0.25, 0.3) is 0 Å². The highest BCUT2D eigenvalue weighted by Gasteiger charge is 2.21. The van der Waals surface area contributed by atoms with Gasteiger partial charge in [-0.1, -0.05) is 30.3 Å². The minimum absolute atomic E-state index is 0.683. The van der Waals surface area contributed by atoms with Crippen molar-refractivity contribution in [2.75, 3.05) is 31.2 Å². The molecule has 1 N–H and O–H groups in total. The van der Waals surface area contributed by atoms with E-state index in [9.17, 15) is 0 Å². The van der Waals surface area contributed by atoms with Gasteiger partial charge < -0.3 is 9.64 Å². The van der Waals surface area contributed by atoms with E-state index in [1.54, 1.807) is 12.4 Å². The number of hydrogen-bond acceptors (Lipinski definition) is 6. The zero-order chi connectivity index (χ0) is 18.1. The first-order valence-electron chi connectivity index (χ1n) is 8.95. The standard InChI is InChI=1S/C20H18N6O/c1-2-4-14(5-3-1)17-18-19(25-24-17)16(15-6-8-21-9-7-15)22-20(23-18)26-10-12-27-13-11-26/h1-9H,10-13H2,(H,24,25). The van der Waals surface area contributed by atoms with Gasteiger partial charge in [0.15, 0.2) is 0 Å². The molecule has 1 fully saturated rings. The third-order valence-electron chi connectivity index (χ3n) is 4.70. The number of morpholine rings is 1. The summed E-state index contributed by atoms with van der Waals surface area (Å²) in [5, 5.41) is 7.70. The zero-order valence-corrected chi connectivity index (χ0v) is 14.7. The van der Waals surface area contributed by atoms with Crippen LogP contribution in [-0.4, -0.2) is 51.5 Å². The van der Waals surface area contributed by atoms with E-state index in [0.717, 1.165) is 46.6 Å². The fraction of sp³-hybridized carbons (Fsp3) is 0.200. The van der Waals surface area contributed by atoms with Gasteiger partial charge in [-0.2, -0.15) is 5.10 Å². The summed E-state index contributed by atoms with van der Waals surface area (Å²) in [6.07, 6.45) is 3.54. The van der Waals surface area contributed by atoms with Crippen molar-refractivity contribution < 1.29 is 4.74 Å². The van der Waals surface area contributed by atoms with Gasteiger partial charge in [0, 0.05) is 36.6 Å². The number of rotatable bonds is 3. The lowest BCUT2D eigenvalue weighted by molar-refractivity contribution is 0.122. The summed E-state index contributed by atoms with van der Waals surface area (Å²) in [5.74, 6) is 0.705. The molecule has 1 aliphatic heterocycles. The molecule has 0 atom stereocenters. The first-order chi connectivity index (χ1) is 13.4. The lowest BCUT2D eigenvalue weighted by atomic mass is 10.1. The quantitative estimate of drug-likeness (QED) is 0.607. The summed E-state index contributed by atoms with van der Waals surface area (Å²) >= 11 is 0. The molecule has 1 saturated heterocycles. The molecule has 0 bridgehead atoms. The van der Waals surface area contributed by atoms with Gasteiger partial charge in [0.1, 0.15) is 22.4 Å². The molecule has 0 unspecified atom stereocenters. The molecule has 1 aromatic carbocycles. The van der Waals surface area contributed by atoms with Crippen molar-refractivity contribution in [3.05, 3.63) is 54.9 Å². The lowest BCUT2D eigenvalue weighted by Crippen LogP contribution is -2.37. The van der Waals surface area contributed by atoms with Gasteiger partial charge >= 0.3 is 0 Å². The summed E-state index contributed by atoms with van der Waals surface area (Å²) in [6.45, 7) is 2.92. The maximum Gasteiger partial charge on any atom is 0.226 e. The second kappa shape index (κ2) is 6.77. The maximum atomic E-state index is 5.48. The Hall–Kier alpha value is -3.32. The first-order valence-corrected chi connectivity index (χ1v) is 8.95. The van der Waals surface area contributed by atoms with Crippen molar-refractivity contribution >= 4 is 17.0 Å². The van der Waals surface area contributed by atoms with Gasteiger partial charge in [-0.05, 0) is 12.1 Å². The first kappa shape index (κ1) is 15.9. The highest BCUT2D eigenvalue weighted by molar-refractivity contribution is 5.97. The second-order valence-electron chi connectivity index (χ2n) is 6.37. The largest absolute Gasteiger partial charge is 0.378 e. The maximum absolute atomic E-state index is 5.48. The Morgan fingerprint density at radius 1 is 0.852 bits per heavy atom. The molecular formula is C20H18N6O. The molecule has 4 aromatic rings. The molecule has 7 nitrogen and oxygen atoms in total. The minimum atomic E-state index is 0.683. The molecular weight excluding hydrogens is 340 g/mol. The van der Waals surface area contributed by atoms with E-state index in [4.69, 9.17) is 14.7 Å². The normalized spacial score (nSPS) is 14.6. The van der Waals surface area contributed by atoms with Gasteiger partial charge in [-0.25, -0.2) is 9.97 Å². The van der Waals surface area contributed by atoms with Crippen LogP contribution >= 0.6 is 0 Å². The van der Waals surface area contributed by atoms with Crippen LogP contribution in [0.25, 0.3) is 33.5 Å². The van der Waals surface area contributed by atoms with E-state index in [1.807, 2.05) is 42.5 Å². The van der Waals surface area contributed by atoms with E-state index in [2.05, 4.69) is 20.1 Å². The van der Waals surface area contributed by atoms with Gasteiger partial charge in [0.05, 0.1) is 13.2 Å². The summed E-state index contributed by atoms with van der Waals surface area (Å²) in [7, 11) is 0. The molecule has 0 radical (unpaired) electrons. The third-order valence-corrected chi connectivity index (χ3v) is 4.70. The number of hydrogen-bond donors (Lipinski definition) is 1. The van der Waals surface area contributed by atoms with Gasteiger partial charge in [-0.3, -0.25) is 10.1 Å². The Bertz CT molecular complexity index is 1060. The zero-order valence-electron chi connectivity index (χ0n) is 14.7. The average Bonchev–Trinajstić information content (AvgIpc) is 3.19. The summed E-state index contributed by atoms with van der Waals surface area (Å²) < 4.78 is 5.48. The molecule has 3 aromatic heterocycles. The Morgan fingerprint density at radius 2 is 1.59 bits per heavy atom. The fourth-order valence-corrected chi connectivity index (χ4v) is 3.31. The Balaban J connectivity index is 1.74. The van der Waals surface area contributed by atoms with Crippen LogP contribution in [0.2, 0.25) is 0 Å². The number of H-pyrrole nitrogens is 1. The van der Waals surface area contributed by atoms with E-state index >= 15 is 0 Å². The van der Waals surface area contributed by atoms with Crippen molar-refractivity contribution in [1.82, 2.24) is 25.1 Å². The van der Waals surface area contributed by atoms with Crippen LogP contribution in [-0.2, 0) is 4.74 Å². The van der Waals surface area contributed by atoms with Crippen LogP contribution in [0.4, 0.5) is 5.95 Å². The molecule has 5 rings (SSSR count). The van der Waals surface area contributed by atoms with Crippen molar-refractivity contribution in [3.63, 3.8) is 0 Å². The predicted molar refractivity (Wildman–Crippen MR) is 103 cm³/mol. The SMILES string of the molecule is c1ccc(-c2n[nH]c3c(-c4ccncc4)nc(N4CCOCC4)nc23)cc1. The van der Waals surface area contributed by atoms with Crippen LogP contribution < -0.4 is 4.90 Å². The number of ether oxygens (including phenoxy) is 1. The average molecular weight is 358 g/mol. The predicted octanol–water partition coefficient (Wildman–Crippen LogP) is 2.92. The van der Waals surface area contributed by atoms with E-state index in [1.165, 1.54) is 0 Å². The van der Waals surface area contributed by atoms with Crippen molar-refractivity contribution in [1.29, 1.82) is 0 Å². The summed E-state index contributed by atoms with van der Waals surface area (Å²) in [5.41, 5.74) is 5.32. The molecule has 0 amide bonds. The van der Waals surface area contributed by atoms with E-state index in [0.29, 0.717) is 19.2 Å². The number of fused-ring (bicyclic) bond motifs is 1. The minimum Gasteiger partial charge on any atom is -0.378 e. The lowest BCUT2D eigenvalue weighted by Gasteiger charge is -2.27. The molecule has 0 spiro atoms. The molecule has 27 heavy (non-hydrogen) atoms. The molecule has 7 heteroatoms. The van der Waals surface area contributed by atoms with Crippen LogP contribution in [0.5, 0.6) is 0 Å². The Morgan fingerprint density at radius 3 is 2.37 bits per heavy atom. The van der Waals surface area contributed by atoms with Crippen LogP contribution in [0, 0.1) is 0 Å².